The maximum absolute atomic E-state index is 12.6. The molecule has 0 unspecified atom stereocenters. The smallest absolute Gasteiger partial charge is 0.256 e. The van der Waals surface area contributed by atoms with Crippen molar-refractivity contribution in [3.05, 3.63) is 30.7 Å². The van der Waals surface area contributed by atoms with Crippen LogP contribution in [-0.4, -0.2) is 10.1 Å². The molecule has 66 valence electrons. The number of benzene rings is 1. The number of aromatic nitrogens is 1. The zero-order valence-electron chi connectivity index (χ0n) is 6.62. The van der Waals surface area contributed by atoms with Gasteiger partial charge in [0.1, 0.15) is 11.3 Å². The Kier molecular flexibility index (Phi) is 1.55. The van der Waals surface area contributed by atoms with Gasteiger partial charge in [0.05, 0.1) is 0 Å². The molecule has 0 saturated heterocycles. The van der Waals surface area contributed by atoms with Gasteiger partial charge in [-0.05, 0) is 12.1 Å². The second-order valence-electron chi connectivity index (χ2n) is 2.58. The molecule has 4 heteroatoms. The summed E-state index contributed by atoms with van der Waals surface area (Å²) in [6, 6.07) is 4.35. The number of phenolic OH excluding ortho intramolecular Hbond substituents is 1. The molecule has 2 aromatic rings. The number of rotatable bonds is 1. The molecule has 0 spiro atoms. The fourth-order valence-electron chi connectivity index (χ4n) is 1.03. The number of hydrogen-bond acceptors (Lipinski definition) is 3. The van der Waals surface area contributed by atoms with E-state index in [0.29, 0.717) is 11.1 Å². The van der Waals surface area contributed by atoms with Crippen molar-refractivity contribution >= 4 is 16.9 Å². The third kappa shape index (κ3) is 1.26. The molecule has 0 amide bonds. The zero-order valence-corrected chi connectivity index (χ0v) is 6.62. The second kappa shape index (κ2) is 2.58. The monoisotopic (exact) mass is 179 g/mol. The molecule has 1 heterocycles. The molecule has 1 aromatic carbocycles. The average Bonchev–Trinajstić information content (AvgIpc) is 2.46. The van der Waals surface area contributed by atoms with Crippen LogP contribution in [0.4, 0.5) is 4.39 Å². The van der Waals surface area contributed by atoms with Gasteiger partial charge in [-0.1, -0.05) is 6.58 Å². The lowest BCUT2D eigenvalue weighted by molar-refractivity contribution is 0.475. The quantitative estimate of drug-likeness (QED) is 0.731. The first-order valence-corrected chi connectivity index (χ1v) is 3.61. The molecule has 0 aliphatic carbocycles. The zero-order chi connectivity index (χ0) is 9.42. The van der Waals surface area contributed by atoms with E-state index in [-0.39, 0.29) is 11.6 Å². The van der Waals surface area contributed by atoms with Crippen molar-refractivity contribution in [1.82, 2.24) is 4.98 Å². The van der Waals surface area contributed by atoms with E-state index in [0.717, 1.165) is 0 Å². The summed E-state index contributed by atoms with van der Waals surface area (Å²) in [6.07, 6.45) is 0. The van der Waals surface area contributed by atoms with E-state index in [4.69, 9.17) is 9.52 Å². The highest BCUT2D eigenvalue weighted by molar-refractivity contribution is 5.76. The molecule has 13 heavy (non-hydrogen) atoms. The number of halogens is 1. The molecule has 3 nitrogen and oxygen atoms in total. The minimum Gasteiger partial charge on any atom is -0.508 e. The summed E-state index contributed by atoms with van der Waals surface area (Å²) in [7, 11) is 0. The first-order chi connectivity index (χ1) is 6.16. The maximum Gasteiger partial charge on any atom is 0.256 e. The molecule has 0 atom stereocenters. The summed E-state index contributed by atoms with van der Waals surface area (Å²) in [4.78, 5) is 3.77. The number of nitrogens with zero attached hydrogens (tertiary/aromatic N) is 1. The molecule has 0 saturated carbocycles. The summed E-state index contributed by atoms with van der Waals surface area (Å²) in [6.45, 7) is 3.06. The maximum atomic E-state index is 12.6. The van der Waals surface area contributed by atoms with E-state index in [1.807, 2.05) is 0 Å². The van der Waals surface area contributed by atoms with Crippen LogP contribution in [0.5, 0.6) is 5.75 Å². The van der Waals surface area contributed by atoms with Crippen LogP contribution in [0.3, 0.4) is 0 Å². The molecule has 0 radical (unpaired) electrons. The van der Waals surface area contributed by atoms with Crippen molar-refractivity contribution in [3.8, 4) is 5.75 Å². The van der Waals surface area contributed by atoms with Gasteiger partial charge in [0.2, 0.25) is 0 Å². The Labute approximate surface area is 73.1 Å². The van der Waals surface area contributed by atoms with E-state index in [1.165, 1.54) is 18.2 Å². The van der Waals surface area contributed by atoms with E-state index in [1.54, 1.807) is 0 Å². The highest BCUT2D eigenvalue weighted by Gasteiger charge is 2.08. The molecular formula is C9H6FNO2. The number of oxazole rings is 1. The summed E-state index contributed by atoms with van der Waals surface area (Å²) in [5.74, 6) is -0.812. The number of aromatic hydroxyl groups is 1. The first kappa shape index (κ1) is 7.79. The Morgan fingerprint density at radius 3 is 3.00 bits per heavy atom. The highest BCUT2D eigenvalue weighted by Crippen LogP contribution is 2.23. The topological polar surface area (TPSA) is 46.3 Å². The predicted molar refractivity (Wildman–Crippen MR) is 45.8 cm³/mol. The van der Waals surface area contributed by atoms with Crippen molar-refractivity contribution in [2.24, 2.45) is 0 Å². The fourth-order valence-corrected chi connectivity index (χ4v) is 1.03. The normalized spacial score (nSPS) is 10.5. The largest absolute Gasteiger partial charge is 0.508 e. The van der Waals surface area contributed by atoms with E-state index in [9.17, 15) is 4.39 Å². The molecule has 0 aliphatic rings. The lowest BCUT2D eigenvalue weighted by Gasteiger charge is -1.86. The van der Waals surface area contributed by atoms with Gasteiger partial charge in [0.25, 0.3) is 5.89 Å². The second-order valence-corrected chi connectivity index (χ2v) is 2.58. The predicted octanol–water partition coefficient (Wildman–Crippen LogP) is 2.47. The number of fused-ring (bicyclic) bond motifs is 1. The Hall–Kier alpha value is -1.84. The molecule has 0 fully saturated rings. The minimum absolute atomic E-state index is 0.0665. The highest BCUT2D eigenvalue weighted by atomic mass is 19.1. The minimum atomic E-state index is -0.726. The Bertz CT molecular complexity index is 475. The van der Waals surface area contributed by atoms with Crippen molar-refractivity contribution in [3.63, 3.8) is 0 Å². The van der Waals surface area contributed by atoms with Crippen LogP contribution in [0.1, 0.15) is 5.89 Å². The van der Waals surface area contributed by atoms with Gasteiger partial charge < -0.3 is 9.52 Å². The molecule has 1 aromatic heterocycles. The van der Waals surface area contributed by atoms with Crippen molar-refractivity contribution in [2.45, 2.75) is 0 Å². The van der Waals surface area contributed by atoms with E-state index >= 15 is 0 Å². The van der Waals surface area contributed by atoms with Gasteiger partial charge in [-0.3, -0.25) is 0 Å². The van der Waals surface area contributed by atoms with Gasteiger partial charge in [-0.2, -0.15) is 0 Å². The molecule has 1 N–H and O–H groups in total. The van der Waals surface area contributed by atoms with E-state index in [2.05, 4.69) is 11.6 Å². The summed E-state index contributed by atoms with van der Waals surface area (Å²) >= 11 is 0. The summed E-state index contributed by atoms with van der Waals surface area (Å²) in [5, 5.41) is 9.08. The third-order valence-electron chi connectivity index (χ3n) is 1.60. The van der Waals surface area contributed by atoms with Crippen molar-refractivity contribution in [2.75, 3.05) is 0 Å². The standard InChI is InChI=1S/C9H6FNO2/c1-5(10)9-11-7-4-6(12)2-3-8(7)13-9/h2-4,12H,1H2. The van der Waals surface area contributed by atoms with Crippen LogP contribution in [0.25, 0.3) is 16.9 Å². The van der Waals surface area contributed by atoms with Gasteiger partial charge >= 0.3 is 0 Å². The van der Waals surface area contributed by atoms with Crippen LogP contribution in [0.2, 0.25) is 0 Å². The Balaban J connectivity index is 2.68. The first-order valence-electron chi connectivity index (χ1n) is 3.61. The van der Waals surface area contributed by atoms with Crippen LogP contribution >= 0.6 is 0 Å². The molecule has 0 bridgehead atoms. The van der Waals surface area contributed by atoms with Gasteiger partial charge in [0.15, 0.2) is 11.4 Å². The lowest BCUT2D eigenvalue weighted by Crippen LogP contribution is -1.72. The van der Waals surface area contributed by atoms with Crippen LogP contribution in [-0.2, 0) is 0 Å². The molecular weight excluding hydrogens is 173 g/mol. The van der Waals surface area contributed by atoms with Crippen molar-refractivity contribution in [1.29, 1.82) is 0 Å². The van der Waals surface area contributed by atoms with Gasteiger partial charge in [-0.15, -0.1) is 0 Å². The average molecular weight is 179 g/mol. The van der Waals surface area contributed by atoms with Crippen LogP contribution < -0.4 is 0 Å². The van der Waals surface area contributed by atoms with E-state index < -0.39 is 5.83 Å². The Morgan fingerprint density at radius 2 is 2.31 bits per heavy atom. The Morgan fingerprint density at radius 1 is 1.54 bits per heavy atom. The van der Waals surface area contributed by atoms with Crippen LogP contribution in [0, 0.1) is 0 Å². The van der Waals surface area contributed by atoms with Gasteiger partial charge in [0, 0.05) is 6.07 Å². The summed E-state index contributed by atoms with van der Waals surface area (Å²) < 4.78 is 17.5. The third-order valence-corrected chi connectivity index (χ3v) is 1.60. The SMILES string of the molecule is C=C(F)c1nc2cc(O)ccc2o1. The number of hydrogen-bond donors (Lipinski definition) is 1. The van der Waals surface area contributed by atoms with Crippen molar-refractivity contribution < 1.29 is 13.9 Å². The lowest BCUT2D eigenvalue weighted by atomic mass is 10.3. The van der Waals surface area contributed by atoms with Gasteiger partial charge in [-0.25, -0.2) is 9.37 Å². The molecule has 2 rings (SSSR count). The fraction of sp³-hybridized carbons (Fsp3) is 0. The number of phenols is 1. The molecule has 0 aliphatic heterocycles. The summed E-state index contributed by atoms with van der Waals surface area (Å²) in [5.41, 5.74) is 0.834. The van der Waals surface area contributed by atoms with Crippen LogP contribution in [0.15, 0.2) is 29.2 Å².